The van der Waals surface area contributed by atoms with E-state index in [1.807, 2.05) is 79.7 Å². The van der Waals surface area contributed by atoms with Crippen molar-refractivity contribution in [2.24, 2.45) is 7.05 Å². The number of para-hydroxylation sites is 1. The van der Waals surface area contributed by atoms with Crippen LogP contribution in [0.5, 0.6) is 5.75 Å². The van der Waals surface area contributed by atoms with Gasteiger partial charge in [0.2, 0.25) is 0 Å². The number of rotatable bonds is 4. The highest BCUT2D eigenvalue weighted by atomic mass is 16.5. The highest BCUT2D eigenvalue weighted by Gasteiger charge is 2.14. The van der Waals surface area contributed by atoms with Crippen LogP contribution in [0.25, 0.3) is 39.6 Å². The molecule has 0 saturated carbocycles. The molecule has 164 valence electrons. The van der Waals surface area contributed by atoms with Crippen molar-refractivity contribution in [1.82, 2.24) is 14.1 Å². The van der Waals surface area contributed by atoms with E-state index in [0.29, 0.717) is 16.7 Å². The highest BCUT2D eigenvalue weighted by molar-refractivity contribution is 5.94. The molecule has 5 heteroatoms. The number of ether oxygens (including phenoxy) is 1. The van der Waals surface area contributed by atoms with E-state index < -0.39 is 0 Å². The number of fused-ring (bicyclic) bond motifs is 2. The van der Waals surface area contributed by atoms with Gasteiger partial charge in [-0.05, 0) is 74.0 Å². The van der Waals surface area contributed by atoms with E-state index in [2.05, 4.69) is 24.6 Å². The van der Waals surface area contributed by atoms with Crippen LogP contribution >= 0.6 is 0 Å². The molecule has 0 fully saturated rings. The Morgan fingerprint density at radius 2 is 1.73 bits per heavy atom. The van der Waals surface area contributed by atoms with Gasteiger partial charge in [-0.2, -0.15) is 0 Å². The molecule has 0 bridgehead atoms. The van der Waals surface area contributed by atoms with Gasteiger partial charge in [0.25, 0.3) is 5.56 Å². The number of aromatic nitrogens is 3. The van der Waals surface area contributed by atoms with Gasteiger partial charge in [-0.15, -0.1) is 0 Å². The average Bonchev–Trinajstić information content (AvgIpc) is 3.06. The Balaban J connectivity index is 1.75. The van der Waals surface area contributed by atoms with E-state index in [9.17, 15) is 4.79 Å². The average molecular weight is 436 g/mol. The Morgan fingerprint density at radius 3 is 2.52 bits per heavy atom. The second-order valence-corrected chi connectivity index (χ2v) is 8.24. The van der Waals surface area contributed by atoms with E-state index in [0.717, 1.165) is 39.2 Å². The molecule has 0 aliphatic heterocycles. The molecule has 5 rings (SSSR count). The summed E-state index contributed by atoms with van der Waals surface area (Å²) < 4.78 is 9.30. The third-order valence-corrected chi connectivity index (χ3v) is 6.21. The van der Waals surface area contributed by atoms with Crippen molar-refractivity contribution >= 4 is 34.0 Å². The van der Waals surface area contributed by atoms with Gasteiger partial charge in [0.1, 0.15) is 11.6 Å². The molecule has 0 atom stereocenters. The van der Waals surface area contributed by atoms with Crippen LogP contribution in [0.2, 0.25) is 0 Å². The zero-order valence-electron chi connectivity index (χ0n) is 19.2. The van der Waals surface area contributed by atoms with Crippen LogP contribution in [0.1, 0.15) is 22.6 Å². The van der Waals surface area contributed by atoms with Crippen LogP contribution < -0.4 is 10.3 Å². The summed E-state index contributed by atoms with van der Waals surface area (Å²) in [6.07, 6.45) is 3.97. The summed E-state index contributed by atoms with van der Waals surface area (Å²) in [5, 5.41) is 1.69. The Bertz CT molecular complexity index is 1610. The quantitative estimate of drug-likeness (QED) is 0.365. The minimum atomic E-state index is -0.0813. The molecular weight excluding hydrogens is 410 g/mol. The number of aryl methyl sites for hydroxylation is 2. The molecule has 0 amide bonds. The van der Waals surface area contributed by atoms with Gasteiger partial charge >= 0.3 is 0 Å². The summed E-state index contributed by atoms with van der Waals surface area (Å²) in [5.41, 5.74) is 5.80. The lowest BCUT2D eigenvalue weighted by atomic mass is 10.1. The second-order valence-electron chi connectivity index (χ2n) is 8.24. The van der Waals surface area contributed by atoms with E-state index in [1.54, 1.807) is 11.7 Å². The van der Waals surface area contributed by atoms with Crippen molar-refractivity contribution in [3.8, 4) is 11.4 Å². The standard InChI is InChI=1S/C28H25N3O2/c1-18-8-7-9-20(16-18)31-27(29-25-11-6-5-10-23(25)28(31)32)15-13-22-19(2)30(3)26-14-12-21(33-4)17-24(22)26/h5-17H,1-4H3. The molecule has 5 nitrogen and oxygen atoms in total. The molecule has 0 aliphatic rings. The van der Waals surface area contributed by atoms with Gasteiger partial charge in [-0.3, -0.25) is 9.36 Å². The minimum absolute atomic E-state index is 0.0813. The van der Waals surface area contributed by atoms with Gasteiger partial charge in [-0.25, -0.2) is 4.98 Å². The lowest BCUT2D eigenvalue weighted by Crippen LogP contribution is -2.22. The van der Waals surface area contributed by atoms with Crippen LogP contribution in [0.3, 0.4) is 0 Å². The van der Waals surface area contributed by atoms with Crippen LogP contribution in [0.15, 0.2) is 71.5 Å². The van der Waals surface area contributed by atoms with E-state index in [4.69, 9.17) is 9.72 Å². The predicted octanol–water partition coefficient (Wildman–Crippen LogP) is 5.67. The summed E-state index contributed by atoms with van der Waals surface area (Å²) in [4.78, 5) is 18.4. The Kier molecular flexibility index (Phi) is 5.09. The number of hydrogen-bond acceptors (Lipinski definition) is 3. The van der Waals surface area contributed by atoms with Gasteiger partial charge in [-0.1, -0.05) is 24.3 Å². The van der Waals surface area contributed by atoms with Crippen molar-refractivity contribution in [2.45, 2.75) is 13.8 Å². The molecule has 2 aromatic heterocycles. The molecule has 0 N–H and O–H groups in total. The summed E-state index contributed by atoms with van der Waals surface area (Å²) in [6.45, 7) is 4.11. The predicted molar refractivity (Wildman–Crippen MR) is 135 cm³/mol. The molecule has 0 unspecified atom stereocenters. The van der Waals surface area contributed by atoms with Gasteiger partial charge < -0.3 is 9.30 Å². The molecule has 2 heterocycles. The number of nitrogens with zero attached hydrogens (tertiary/aromatic N) is 3. The number of hydrogen-bond donors (Lipinski definition) is 0. The maximum absolute atomic E-state index is 13.5. The van der Waals surface area contributed by atoms with Crippen molar-refractivity contribution in [1.29, 1.82) is 0 Å². The molecule has 0 saturated heterocycles. The molecule has 0 spiro atoms. The summed E-state index contributed by atoms with van der Waals surface area (Å²) in [7, 11) is 3.73. The summed E-state index contributed by atoms with van der Waals surface area (Å²) in [6, 6.07) is 21.5. The van der Waals surface area contributed by atoms with E-state index in [-0.39, 0.29) is 5.56 Å². The first-order valence-electron chi connectivity index (χ1n) is 10.9. The van der Waals surface area contributed by atoms with E-state index in [1.165, 1.54) is 0 Å². The first kappa shape index (κ1) is 20.8. The van der Waals surface area contributed by atoms with Crippen LogP contribution in [0, 0.1) is 13.8 Å². The Morgan fingerprint density at radius 1 is 0.909 bits per heavy atom. The lowest BCUT2D eigenvalue weighted by Gasteiger charge is -2.12. The van der Waals surface area contributed by atoms with Crippen LogP contribution in [0.4, 0.5) is 0 Å². The highest BCUT2D eigenvalue weighted by Crippen LogP contribution is 2.30. The molecule has 33 heavy (non-hydrogen) atoms. The molecular formula is C28H25N3O2. The number of methoxy groups -OCH3 is 1. The zero-order valence-corrected chi connectivity index (χ0v) is 19.2. The molecule has 5 aromatic rings. The zero-order chi connectivity index (χ0) is 23.1. The summed E-state index contributed by atoms with van der Waals surface area (Å²) in [5.74, 6) is 1.40. The van der Waals surface area contributed by atoms with Gasteiger partial charge in [0, 0.05) is 29.2 Å². The van der Waals surface area contributed by atoms with Crippen molar-refractivity contribution in [3.63, 3.8) is 0 Å². The normalized spacial score (nSPS) is 11.6. The monoisotopic (exact) mass is 435 g/mol. The van der Waals surface area contributed by atoms with Gasteiger partial charge in [0.05, 0.1) is 23.7 Å². The number of benzene rings is 3. The first-order chi connectivity index (χ1) is 16.0. The molecule has 0 radical (unpaired) electrons. The van der Waals surface area contributed by atoms with Crippen molar-refractivity contribution < 1.29 is 4.74 Å². The molecule has 3 aromatic carbocycles. The van der Waals surface area contributed by atoms with Crippen molar-refractivity contribution in [2.75, 3.05) is 7.11 Å². The maximum atomic E-state index is 13.5. The fourth-order valence-electron chi connectivity index (χ4n) is 4.35. The SMILES string of the molecule is COc1ccc2c(c1)c(C=Cc1nc3ccccc3c(=O)n1-c1cccc(C)c1)c(C)n2C. The van der Waals surface area contributed by atoms with Crippen molar-refractivity contribution in [3.05, 3.63) is 99.7 Å². The largest absolute Gasteiger partial charge is 0.497 e. The Hall–Kier alpha value is -4.12. The lowest BCUT2D eigenvalue weighted by molar-refractivity contribution is 0.415. The fraction of sp³-hybridized carbons (Fsp3) is 0.143. The van der Waals surface area contributed by atoms with Gasteiger partial charge in [0.15, 0.2) is 0 Å². The van der Waals surface area contributed by atoms with Crippen LogP contribution in [-0.2, 0) is 7.05 Å². The smallest absolute Gasteiger partial charge is 0.266 e. The second kappa shape index (κ2) is 8.10. The minimum Gasteiger partial charge on any atom is -0.497 e. The maximum Gasteiger partial charge on any atom is 0.266 e. The third kappa shape index (κ3) is 3.52. The van der Waals surface area contributed by atoms with Crippen LogP contribution in [-0.4, -0.2) is 21.2 Å². The summed E-state index contributed by atoms with van der Waals surface area (Å²) >= 11 is 0. The topological polar surface area (TPSA) is 49.0 Å². The third-order valence-electron chi connectivity index (χ3n) is 6.21. The van der Waals surface area contributed by atoms with E-state index >= 15 is 0 Å². The first-order valence-corrected chi connectivity index (χ1v) is 10.9. The Labute approximate surface area is 192 Å². The molecule has 0 aliphatic carbocycles. The fourth-order valence-corrected chi connectivity index (χ4v) is 4.35.